The molecule has 1 aromatic heterocycles. The van der Waals surface area contributed by atoms with Gasteiger partial charge in [0.25, 0.3) is 0 Å². The summed E-state index contributed by atoms with van der Waals surface area (Å²) in [5.41, 5.74) is 8.77. The summed E-state index contributed by atoms with van der Waals surface area (Å²) in [4.78, 5) is 22.5. The fourth-order valence-corrected chi connectivity index (χ4v) is 4.19. The topological polar surface area (TPSA) is 92.9 Å². The number of halogens is 1. The van der Waals surface area contributed by atoms with Gasteiger partial charge in [-0.05, 0) is 56.0 Å². The number of urea groups is 1. The van der Waals surface area contributed by atoms with Gasteiger partial charge < -0.3 is 16.4 Å². The van der Waals surface area contributed by atoms with Crippen LogP contribution in [-0.2, 0) is 6.42 Å². The van der Waals surface area contributed by atoms with E-state index in [1.165, 1.54) is 18.0 Å². The molecule has 0 aliphatic carbocycles. The average molecular weight is 440 g/mol. The van der Waals surface area contributed by atoms with Gasteiger partial charge in [-0.15, -0.1) is 0 Å². The van der Waals surface area contributed by atoms with Crippen LogP contribution in [0.2, 0.25) is 5.02 Å². The van der Waals surface area contributed by atoms with Crippen LogP contribution in [0.3, 0.4) is 0 Å². The molecule has 0 fully saturated rings. The zero-order valence-corrected chi connectivity index (χ0v) is 18.2. The Morgan fingerprint density at radius 2 is 1.97 bits per heavy atom. The molecular weight excluding hydrogens is 418 g/mol. The largest absolute Gasteiger partial charge is 0.404 e. The minimum atomic E-state index is -0.355. The lowest BCUT2D eigenvalue weighted by Gasteiger charge is -2.14. The van der Waals surface area contributed by atoms with Gasteiger partial charge >= 0.3 is 6.03 Å². The summed E-state index contributed by atoms with van der Waals surface area (Å²) in [6.07, 6.45) is 3.88. The number of amides is 2. The van der Waals surface area contributed by atoms with Crippen LogP contribution in [0.5, 0.6) is 0 Å². The third-order valence-electron chi connectivity index (χ3n) is 4.22. The quantitative estimate of drug-likeness (QED) is 0.427. The predicted octanol–water partition coefficient (Wildman–Crippen LogP) is 5.73. The van der Waals surface area contributed by atoms with Gasteiger partial charge in [0.05, 0.1) is 5.69 Å². The normalized spacial score (nSPS) is 10.9. The standard InChI is InChI=1S/C22H22ClN5OS/c1-3-17-14(2)25-20(11-12-24)28-21(17)30-19-10-5-4-9-18(19)27-22(29)26-16-8-6-7-15(23)13-16/h4-13H,3,24H2,1-2H3,(H2,26,27,29). The van der Waals surface area contributed by atoms with E-state index < -0.39 is 0 Å². The Labute approximate surface area is 185 Å². The molecule has 0 aliphatic heterocycles. The third-order valence-corrected chi connectivity index (χ3v) is 5.56. The van der Waals surface area contributed by atoms with Crippen molar-refractivity contribution >= 4 is 46.8 Å². The number of nitrogens with zero attached hydrogens (tertiary/aromatic N) is 2. The SMILES string of the molecule is CCc1c(C)nc(C=CN)nc1Sc1ccccc1NC(=O)Nc1cccc(Cl)c1. The van der Waals surface area contributed by atoms with E-state index in [9.17, 15) is 4.79 Å². The second kappa shape index (κ2) is 10.1. The van der Waals surface area contributed by atoms with Gasteiger partial charge in [0.1, 0.15) is 5.03 Å². The van der Waals surface area contributed by atoms with E-state index in [1.807, 2.05) is 31.2 Å². The van der Waals surface area contributed by atoms with Gasteiger partial charge in [-0.25, -0.2) is 14.8 Å². The Morgan fingerprint density at radius 3 is 2.70 bits per heavy atom. The van der Waals surface area contributed by atoms with E-state index in [1.54, 1.807) is 30.3 Å². The molecule has 0 atom stereocenters. The van der Waals surface area contributed by atoms with Crippen molar-refractivity contribution in [3.8, 4) is 0 Å². The van der Waals surface area contributed by atoms with E-state index in [2.05, 4.69) is 27.5 Å². The van der Waals surface area contributed by atoms with Crippen LogP contribution < -0.4 is 16.4 Å². The smallest absolute Gasteiger partial charge is 0.323 e. The molecule has 6 nitrogen and oxygen atoms in total. The highest BCUT2D eigenvalue weighted by molar-refractivity contribution is 7.99. The minimum Gasteiger partial charge on any atom is -0.404 e. The first-order valence-corrected chi connectivity index (χ1v) is 10.6. The van der Waals surface area contributed by atoms with Crippen LogP contribution in [0, 0.1) is 6.92 Å². The highest BCUT2D eigenvalue weighted by Gasteiger charge is 2.14. The Morgan fingerprint density at radius 1 is 1.17 bits per heavy atom. The highest BCUT2D eigenvalue weighted by Crippen LogP contribution is 2.35. The fraction of sp³-hybridized carbons (Fsp3) is 0.136. The predicted molar refractivity (Wildman–Crippen MR) is 124 cm³/mol. The first kappa shape index (κ1) is 21.7. The lowest BCUT2D eigenvalue weighted by molar-refractivity contribution is 0.262. The second-order valence-electron chi connectivity index (χ2n) is 6.35. The molecule has 30 heavy (non-hydrogen) atoms. The molecular formula is C22H22ClN5OS. The summed E-state index contributed by atoms with van der Waals surface area (Å²) in [5, 5.41) is 7.08. The van der Waals surface area contributed by atoms with Crippen LogP contribution in [0.4, 0.5) is 16.2 Å². The summed E-state index contributed by atoms with van der Waals surface area (Å²) >= 11 is 7.46. The lowest BCUT2D eigenvalue weighted by atomic mass is 10.2. The number of hydrogen-bond acceptors (Lipinski definition) is 5. The molecule has 0 bridgehead atoms. The van der Waals surface area contributed by atoms with Crippen LogP contribution in [-0.4, -0.2) is 16.0 Å². The Hall–Kier alpha value is -3.03. The average Bonchev–Trinajstić information content (AvgIpc) is 2.69. The van der Waals surface area contributed by atoms with Crippen LogP contribution in [0.15, 0.2) is 64.7 Å². The number of hydrogen-bond donors (Lipinski definition) is 3. The number of aryl methyl sites for hydroxylation is 1. The number of nitrogens with one attached hydrogen (secondary N) is 2. The Bertz CT molecular complexity index is 1090. The molecule has 0 aliphatic rings. The third kappa shape index (κ3) is 5.52. The maximum Gasteiger partial charge on any atom is 0.323 e. The first-order chi connectivity index (χ1) is 14.5. The van der Waals surface area contributed by atoms with Crippen LogP contribution in [0.25, 0.3) is 6.08 Å². The first-order valence-electron chi connectivity index (χ1n) is 9.36. The molecule has 0 spiro atoms. The number of para-hydroxylation sites is 1. The van der Waals surface area contributed by atoms with Gasteiger partial charge in [0, 0.05) is 26.9 Å². The van der Waals surface area contributed by atoms with Gasteiger partial charge in [0.15, 0.2) is 5.82 Å². The van der Waals surface area contributed by atoms with Crippen molar-refractivity contribution in [2.24, 2.45) is 5.73 Å². The Kier molecular flexibility index (Phi) is 7.32. The van der Waals surface area contributed by atoms with Crippen LogP contribution in [0.1, 0.15) is 24.0 Å². The van der Waals surface area contributed by atoms with Crippen molar-refractivity contribution in [2.75, 3.05) is 10.6 Å². The number of carbonyl (C=O) groups is 1. The summed E-state index contributed by atoms with van der Waals surface area (Å²) in [6, 6.07) is 14.2. The molecule has 0 radical (unpaired) electrons. The summed E-state index contributed by atoms with van der Waals surface area (Å²) in [5.74, 6) is 0.554. The molecule has 8 heteroatoms. The molecule has 0 saturated heterocycles. The van der Waals surface area contributed by atoms with Crippen molar-refractivity contribution in [2.45, 2.75) is 30.2 Å². The van der Waals surface area contributed by atoms with Gasteiger partial charge in [0.2, 0.25) is 0 Å². The lowest BCUT2D eigenvalue weighted by Crippen LogP contribution is -2.19. The van der Waals surface area contributed by atoms with Crippen molar-refractivity contribution in [3.63, 3.8) is 0 Å². The number of rotatable bonds is 6. The second-order valence-corrected chi connectivity index (χ2v) is 7.82. The van der Waals surface area contributed by atoms with Crippen molar-refractivity contribution in [1.82, 2.24) is 9.97 Å². The minimum absolute atomic E-state index is 0.355. The molecule has 0 saturated carbocycles. The molecule has 2 aromatic carbocycles. The Balaban J connectivity index is 1.84. The maximum atomic E-state index is 12.5. The molecule has 3 rings (SSSR count). The van der Waals surface area contributed by atoms with E-state index in [4.69, 9.17) is 17.3 Å². The monoisotopic (exact) mass is 439 g/mol. The number of aromatic nitrogens is 2. The molecule has 3 aromatic rings. The summed E-state index contributed by atoms with van der Waals surface area (Å²) in [6.45, 7) is 4.03. The fourth-order valence-electron chi connectivity index (χ4n) is 2.86. The van der Waals surface area contributed by atoms with Crippen LogP contribution >= 0.6 is 23.4 Å². The zero-order chi connectivity index (χ0) is 21.5. The zero-order valence-electron chi connectivity index (χ0n) is 16.6. The summed E-state index contributed by atoms with van der Waals surface area (Å²) < 4.78 is 0. The number of benzene rings is 2. The van der Waals surface area contributed by atoms with E-state index in [0.717, 1.165) is 27.6 Å². The van der Waals surface area contributed by atoms with E-state index in [0.29, 0.717) is 22.2 Å². The number of anilines is 2. The molecule has 4 N–H and O–H groups in total. The maximum absolute atomic E-state index is 12.5. The number of carbonyl (C=O) groups excluding carboxylic acids is 1. The van der Waals surface area contributed by atoms with Crippen molar-refractivity contribution < 1.29 is 4.79 Å². The highest BCUT2D eigenvalue weighted by atomic mass is 35.5. The van der Waals surface area contributed by atoms with Gasteiger partial charge in [-0.2, -0.15) is 0 Å². The molecule has 0 unspecified atom stereocenters. The number of nitrogens with two attached hydrogens (primary N) is 1. The van der Waals surface area contributed by atoms with Crippen molar-refractivity contribution in [1.29, 1.82) is 0 Å². The van der Waals surface area contributed by atoms with Gasteiger partial charge in [-0.3, -0.25) is 0 Å². The van der Waals surface area contributed by atoms with E-state index in [-0.39, 0.29) is 6.03 Å². The molecule has 2 amide bonds. The molecule has 1 heterocycles. The summed E-state index contributed by atoms with van der Waals surface area (Å²) in [7, 11) is 0. The van der Waals surface area contributed by atoms with Gasteiger partial charge in [-0.1, -0.05) is 48.5 Å². The van der Waals surface area contributed by atoms with Crippen molar-refractivity contribution in [3.05, 3.63) is 76.8 Å². The van der Waals surface area contributed by atoms with E-state index >= 15 is 0 Å². The molecule has 154 valence electrons.